The van der Waals surface area contributed by atoms with Crippen molar-refractivity contribution in [1.29, 1.82) is 0 Å². The van der Waals surface area contributed by atoms with E-state index in [1.165, 1.54) is 18.9 Å². The summed E-state index contributed by atoms with van der Waals surface area (Å²) in [5.74, 6) is 1.32. The smallest absolute Gasteiger partial charge is 0.234 e. The third-order valence-corrected chi connectivity index (χ3v) is 4.55. The minimum Gasteiger partial charge on any atom is -0.497 e. The molecule has 0 unspecified atom stereocenters. The molecule has 2 aromatic rings. The Morgan fingerprint density at radius 1 is 1.27 bits per heavy atom. The summed E-state index contributed by atoms with van der Waals surface area (Å²) >= 11 is 1.24. The molecule has 140 valence electrons. The van der Waals surface area contributed by atoms with Crippen LogP contribution in [0.4, 0.5) is 5.69 Å². The molecule has 9 nitrogen and oxygen atoms in total. The van der Waals surface area contributed by atoms with Crippen LogP contribution in [0.25, 0.3) is 0 Å². The summed E-state index contributed by atoms with van der Waals surface area (Å²) < 4.78 is 12.1. The van der Waals surface area contributed by atoms with E-state index in [1.807, 2.05) is 0 Å². The van der Waals surface area contributed by atoms with Crippen LogP contribution in [-0.2, 0) is 23.1 Å². The molecule has 0 fully saturated rings. The zero-order valence-electron chi connectivity index (χ0n) is 14.8. The highest BCUT2D eigenvalue weighted by Gasteiger charge is 2.14. The predicted octanol–water partition coefficient (Wildman–Crippen LogP) is 0.981. The van der Waals surface area contributed by atoms with Crippen molar-refractivity contribution >= 4 is 29.3 Å². The molecule has 3 N–H and O–H groups in total. The van der Waals surface area contributed by atoms with Gasteiger partial charge in [-0.05, 0) is 12.1 Å². The molecule has 10 heteroatoms. The molecule has 0 aliphatic heterocycles. The minimum atomic E-state index is -0.395. The molecular formula is C16H21N5O4S. The molecule has 26 heavy (non-hydrogen) atoms. The number of thioether (sulfide) groups is 1. The van der Waals surface area contributed by atoms with Crippen LogP contribution in [0.1, 0.15) is 12.2 Å². The molecule has 0 saturated carbocycles. The molecule has 2 rings (SSSR count). The van der Waals surface area contributed by atoms with Gasteiger partial charge in [-0.25, -0.2) is 0 Å². The maximum Gasteiger partial charge on any atom is 0.234 e. The molecular weight excluding hydrogens is 358 g/mol. The lowest BCUT2D eigenvalue weighted by Gasteiger charge is -2.11. The maximum atomic E-state index is 12.2. The lowest BCUT2D eigenvalue weighted by molar-refractivity contribution is -0.118. The molecule has 0 bridgehead atoms. The van der Waals surface area contributed by atoms with Crippen molar-refractivity contribution in [3.8, 4) is 11.5 Å². The first-order valence-electron chi connectivity index (χ1n) is 7.75. The first-order valence-corrected chi connectivity index (χ1v) is 8.74. The molecule has 2 amide bonds. The molecule has 0 aliphatic rings. The number of hydrogen-bond donors (Lipinski definition) is 2. The minimum absolute atomic E-state index is 0.141. The highest BCUT2D eigenvalue weighted by atomic mass is 32.2. The zero-order valence-corrected chi connectivity index (χ0v) is 15.6. The number of nitrogens with two attached hydrogens (primary N) is 1. The quantitative estimate of drug-likeness (QED) is 0.623. The van der Waals surface area contributed by atoms with Crippen LogP contribution in [0.2, 0.25) is 0 Å². The number of aromatic nitrogens is 3. The van der Waals surface area contributed by atoms with Gasteiger partial charge in [0.1, 0.15) is 17.3 Å². The number of ether oxygens (including phenoxy) is 2. The molecule has 0 spiro atoms. The fourth-order valence-electron chi connectivity index (χ4n) is 2.15. The number of hydrogen-bond acceptors (Lipinski definition) is 7. The second-order valence-corrected chi connectivity index (χ2v) is 6.27. The van der Waals surface area contributed by atoms with Gasteiger partial charge >= 0.3 is 0 Å². The zero-order chi connectivity index (χ0) is 19.1. The van der Waals surface area contributed by atoms with Crippen molar-refractivity contribution in [1.82, 2.24) is 14.8 Å². The number of carbonyl (C=O) groups is 2. The van der Waals surface area contributed by atoms with Gasteiger partial charge < -0.3 is 25.1 Å². The number of amides is 2. The van der Waals surface area contributed by atoms with Gasteiger partial charge in [-0.2, -0.15) is 0 Å². The van der Waals surface area contributed by atoms with Gasteiger partial charge in [0, 0.05) is 26.0 Å². The summed E-state index contributed by atoms with van der Waals surface area (Å²) in [6, 6.07) is 5.15. The van der Waals surface area contributed by atoms with Crippen LogP contribution >= 0.6 is 11.8 Å². The van der Waals surface area contributed by atoms with Gasteiger partial charge in [0.15, 0.2) is 5.16 Å². The SMILES string of the molecule is COc1ccc(OC)c(NC(=O)CSc2nnc(CCC(N)=O)n2C)c1. The highest BCUT2D eigenvalue weighted by molar-refractivity contribution is 7.99. The third kappa shape index (κ3) is 5.12. The van der Waals surface area contributed by atoms with E-state index in [4.69, 9.17) is 15.2 Å². The Kier molecular flexibility index (Phi) is 6.84. The molecule has 0 aliphatic carbocycles. The monoisotopic (exact) mass is 379 g/mol. The molecule has 0 saturated heterocycles. The summed E-state index contributed by atoms with van der Waals surface area (Å²) in [5.41, 5.74) is 5.67. The number of nitrogens with one attached hydrogen (secondary N) is 1. The van der Waals surface area contributed by atoms with Gasteiger partial charge in [0.2, 0.25) is 11.8 Å². The van der Waals surface area contributed by atoms with E-state index in [0.29, 0.717) is 34.6 Å². The van der Waals surface area contributed by atoms with Gasteiger partial charge in [0.25, 0.3) is 0 Å². The topological polar surface area (TPSA) is 121 Å². The number of nitrogens with zero attached hydrogens (tertiary/aromatic N) is 3. The molecule has 0 atom stereocenters. The van der Waals surface area contributed by atoms with Crippen molar-refractivity contribution in [3.63, 3.8) is 0 Å². The summed E-state index contributed by atoms with van der Waals surface area (Å²) in [5, 5.41) is 11.4. The fraction of sp³-hybridized carbons (Fsp3) is 0.375. The third-order valence-electron chi connectivity index (χ3n) is 3.53. The van der Waals surface area contributed by atoms with Crippen LogP contribution in [0, 0.1) is 0 Å². The first kappa shape index (κ1) is 19.6. The Labute approximate surface area is 155 Å². The Morgan fingerprint density at radius 3 is 2.69 bits per heavy atom. The number of benzene rings is 1. The summed E-state index contributed by atoms with van der Waals surface area (Å²) in [4.78, 5) is 23.1. The van der Waals surface area contributed by atoms with E-state index >= 15 is 0 Å². The Balaban J connectivity index is 1.96. The van der Waals surface area contributed by atoms with E-state index in [2.05, 4.69) is 15.5 Å². The number of carbonyl (C=O) groups excluding carboxylic acids is 2. The number of primary amides is 1. The number of rotatable bonds is 9. The molecule has 0 radical (unpaired) electrons. The van der Waals surface area contributed by atoms with E-state index in [-0.39, 0.29) is 18.1 Å². The van der Waals surface area contributed by atoms with E-state index in [1.54, 1.807) is 36.9 Å². The molecule has 1 aromatic carbocycles. The highest BCUT2D eigenvalue weighted by Crippen LogP contribution is 2.29. The van der Waals surface area contributed by atoms with Gasteiger partial charge in [0.05, 0.1) is 25.7 Å². The molecule has 1 aromatic heterocycles. The van der Waals surface area contributed by atoms with Crippen LogP contribution < -0.4 is 20.5 Å². The maximum absolute atomic E-state index is 12.2. The summed E-state index contributed by atoms with van der Waals surface area (Å²) in [7, 11) is 4.86. The second-order valence-electron chi connectivity index (χ2n) is 5.33. The fourth-order valence-corrected chi connectivity index (χ4v) is 2.88. The average molecular weight is 379 g/mol. The number of aryl methyl sites for hydroxylation is 1. The lowest BCUT2D eigenvalue weighted by atomic mass is 10.2. The van der Waals surface area contributed by atoms with Crippen molar-refractivity contribution in [2.45, 2.75) is 18.0 Å². The summed E-state index contributed by atoms with van der Waals surface area (Å²) in [6.45, 7) is 0. The van der Waals surface area contributed by atoms with Crippen molar-refractivity contribution in [2.75, 3.05) is 25.3 Å². The number of anilines is 1. The van der Waals surface area contributed by atoms with Gasteiger partial charge in [-0.3, -0.25) is 9.59 Å². The van der Waals surface area contributed by atoms with Crippen LogP contribution in [0.5, 0.6) is 11.5 Å². The largest absolute Gasteiger partial charge is 0.497 e. The van der Waals surface area contributed by atoms with E-state index in [9.17, 15) is 9.59 Å². The summed E-state index contributed by atoms with van der Waals surface area (Å²) in [6.07, 6.45) is 0.610. The lowest BCUT2D eigenvalue weighted by Crippen LogP contribution is -2.15. The van der Waals surface area contributed by atoms with Crippen LogP contribution in [0.15, 0.2) is 23.4 Å². The Bertz CT molecular complexity index is 793. The van der Waals surface area contributed by atoms with E-state index in [0.717, 1.165) is 0 Å². The van der Waals surface area contributed by atoms with Crippen molar-refractivity contribution in [2.24, 2.45) is 12.8 Å². The van der Waals surface area contributed by atoms with Crippen molar-refractivity contribution in [3.05, 3.63) is 24.0 Å². The number of methoxy groups -OCH3 is 2. The van der Waals surface area contributed by atoms with Crippen molar-refractivity contribution < 1.29 is 19.1 Å². The van der Waals surface area contributed by atoms with Crippen LogP contribution in [-0.4, -0.2) is 46.6 Å². The predicted molar refractivity (Wildman–Crippen MR) is 97.4 cm³/mol. The first-order chi connectivity index (χ1) is 12.4. The average Bonchev–Trinajstić information content (AvgIpc) is 2.98. The molecule has 1 heterocycles. The van der Waals surface area contributed by atoms with Gasteiger partial charge in [-0.15, -0.1) is 10.2 Å². The Morgan fingerprint density at radius 2 is 2.04 bits per heavy atom. The van der Waals surface area contributed by atoms with E-state index < -0.39 is 5.91 Å². The second kappa shape index (κ2) is 9.09. The van der Waals surface area contributed by atoms with Crippen LogP contribution in [0.3, 0.4) is 0 Å². The Hall–Kier alpha value is -2.75. The van der Waals surface area contributed by atoms with Gasteiger partial charge in [-0.1, -0.05) is 11.8 Å². The standard InChI is InChI=1S/C16H21N5O4S/c1-21-14(7-6-13(17)22)19-20-16(21)26-9-15(23)18-11-8-10(24-2)4-5-12(11)25-3/h4-5,8H,6-7,9H2,1-3H3,(H2,17,22)(H,18,23). The normalized spacial score (nSPS) is 10.4.